The van der Waals surface area contributed by atoms with Crippen LogP contribution in [0.1, 0.15) is 74.1 Å². The molecule has 1 rings (SSSR count). The summed E-state index contributed by atoms with van der Waals surface area (Å²) in [6.45, 7) is 8.67. The van der Waals surface area contributed by atoms with Crippen molar-refractivity contribution in [2.75, 3.05) is 6.61 Å². The van der Waals surface area contributed by atoms with Crippen molar-refractivity contribution < 1.29 is 9.94 Å². The van der Waals surface area contributed by atoms with E-state index >= 15 is 0 Å². The van der Waals surface area contributed by atoms with Gasteiger partial charge in [-0.1, -0.05) is 55.5 Å². The number of aryl methyl sites for hydroxylation is 3. The maximum absolute atomic E-state index is 9.18. The number of hydrogen-bond acceptors (Lipinski definition) is 3. The highest BCUT2D eigenvalue weighted by Gasteiger charge is 2.09. The topological polar surface area (TPSA) is 41.8 Å². The average molecular weight is 319 g/mol. The summed E-state index contributed by atoms with van der Waals surface area (Å²) in [6.07, 6.45) is 9.67. The molecule has 130 valence electrons. The number of benzene rings is 1. The molecule has 1 aromatic rings. The van der Waals surface area contributed by atoms with Crippen molar-refractivity contribution in [1.82, 2.24) is 0 Å². The van der Waals surface area contributed by atoms with E-state index in [0.29, 0.717) is 6.42 Å². The maximum atomic E-state index is 9.18. The van der Waals surface area contributed by atoms with Crippen LogP contribution >= 0.6 is 0 Å². The van der Waals surface area contributed by atoms with Crippen LogP contribution < -0.4 is 0 Å². The second-order valence-electron chi connectivity index (χ2n) is 6.49. The standard InChI is InChI=1S/C20H33NO2/c1-5-6-7-8-9-10-19(11-12-22)23-21-15-20-17(3)13-16(2)14-18(20)4/h13-15,19,22H,5-12H2,1-4H3/b21-15+/t19-/m1/s1. The van der Waals surface area contributed by atoms with Crippen LogP contribution in [0.5, 0.6) is 0 Å². The molecular weight excluding hydrogens is 286 g/mol. The van der Waals surface area contributed by atoms with Crippen molar-refractivity contribution in [2.24, 2.45) is 5.16 Å². The van der Waals surface area contributed by atoms with Crippen LogP contribution in [-0.4, -0.2) is 24.0 Å². The van der Waals surface area contributed by atoms with Gasteiger partial charge in [-0.3, -0.25) is 0 Å². The van der Waals surface area contributed by atoms with Gasteiger partial charge in [-0.25, -0.2) is 0 Å². The molecule has 1 atom stereocenters. The summed E-state index contributed by atoms with van der Waals surface area (Å²) in [5, 5.41) is 13.4. The summed E-state index contributed by atoms with van der Waals surface area (Å²) in [6, 6.07) is 4.32. The molecular formula is C20H33NO2. The van der Waals surface area contributed by atoms with Crippen LogP contribution in [-0.2, 0) is 4.84 Å². The SMILES string of the molecule is CCCCCCC[C@H](CCO)O/N=C/c1c(C)cc(C)cc1C. The Morgan fingerprint density at radius 3 is 2.30 bits per heavy atom. The minimum atomic E-state index is 0.0175. The van der Waals surface area contributed by atoms with Gasteiger partial charge in [0.05, 0.1) is 6.21 Å². The van der Waals surface area contributed by atoms with Crippen molar-refractivity contribution in [2.45, 2.75) is 78.7 Å². The second kappa shape index (κ2) is 11.2. The van der Waals surface area contributed by atoms with Gasteiger partial charge < -0.3 is 9.94 Å². The quantitative estimate of drug-likeness (QED) is 0.351. The first-order valence-electron chi connectivity index (χ1n) is 8.96. The highest BCUT2D eigenvalue weighted by Crippen LogP contribution is 2.15. The molecule has 0 radical (unpaired) electrons. The van der Waals surface area contributed by atoms with Gasteiger partial charge in [0, 0.05) is 18.6 Å². The van der Waals surface area contributed by atoms with Gasteiger partial charge in [0.1, 0.15) is 6.10 Å². The Morgan fingerprint density at radius 2 is 1.70 bits per heavy atom. The maximum Gasteiger partial charge on any atom is 0.129 e. The predicted molar refractivity (Wildman–Crippen MR) is 98.2 cm³/mol. The van der Waals surface area contributed by atoms with Gasteiger partial charge in [0.2, 0.25) is 0 Å². The molecule has 1 aromatic carbocycles. The second-order valence-corrected chi connectivity index (χ2v) is 6.49. The molecule has 0 saturated carbocycles. The van der Waals surface area contributed by atoms with Crippen LogP contribution in [0.2, 0.25) is 0 Å². The van der Waals surface area contributed by atoms with Gasteiger partial charge in [0.15, 0.2) is 0 Å². The lowest BCUT2D eigenvalue weighted by Gasteiger charge is -2.14. The highest BCUT2D eigenvalue weighted by atomic mass is 16.6. The zero-order valence-corrected chi connectivity index (χ0v) is 15.3. The fourth-order valence-electron chi connectivity index (χ4n) is 2.93. The number of nitrogens with zero attached hydrogens (tertiary/aromatic N) is 1. The van der Waals surface area contributed by atoms with Gasteiger partial charge in [-0.05, 0) is 44.7 Å². The molecule has 1 N–H and O–H groups in total. The van der Waals surface area contributed by atoms with E-state index in [1.807, 2.05) is 6.21 Å². The Hall–Kier alpha value is -1.35. The molecule has 0 aliphatic rings. The third kappa shape index (κ3) is 7.65. The van der Waals surface area contributed by atoms with Crippen LogP contribution in [0.25, 0.3) is 0 Å². The molecule has 0 aromatic heterocycles. The van der Waals surface area contributed by atoms with E-state index in [-0.39, 0.29) is 12.7 Å². The summed E-state index contributed by atoms with van der Waals surface area (Å²) < 4.78 is 0. The lowest BCUT2D eigenvalue weighted by molar-refractivity contribution is 0.0340. The number of aliphatic hydroxyl groups excluding tert-OH is 1. The Labute approximate surface area is 141 Å². The molecule has 0 saturated heterocycles. The number of oxime groups is 1. The third-order valence-corrected chi connectivity index (χ3v) is 4.21. The molecule has 0 spiro atoms. The first-order chi connectivity index (χ1) is 11.1. The van der Waals surface area contributed by atoms with Crippen LogP contribution in [0.4, 0.5) is 0 Å². The van der Waals surface area contributed by atoms with Crippen molar-refractivity contribution in [3.05, 3.63) is 34.4 Å². The fourth-order valence-corrected chi connectivity index (χ4v) is 2.93. The average Bonchev–Trinajstić information content (AvgIpc) is 2.49. The number of aliphatic hydroxyl groups is 1. The Morgan fingerprint density at radius 1 is 1.04 bits per heavy atom. The molecule has 0 fully saturated rings. The minimum absolute atomic E-state index is 0.0175. The Balaban J connectivity index is 2.51. The summed E-state index contributed by atoms with van der Waals surface area (Å²) in [5.41, 5.74) is 4.82. The van der Waals surface area contributed by atoms with Crippen molar-refractivity contribution in [1.29, 1.82) is 0 Å². The predicted octanol–water partition coefficient (Wildman–Crippen LogP) is 5.07. The summed E-state index contributed by atoms with van der Waals surface area (Å²) in [5.74, 6) is 0. The lowest BCUT2D eigenvalue weighted by atomic mass is 10.0. The Bertz CT molecular complexity index is 460. The number of hydrogen-bond donors (Lipinski definition) is 1. The van der Waals surface area contributed by atoms with Gasteiger partial charge in [-0.15, -0.1) is 0 Å². The van der Waals surface area contributed by atoms with E-state index in [2.05, 4.69) is 45.0 Å². The van der Waals surface area contributed by atoms with E-state index < -0.39 is 0 Å². The highest BCUT2D eigenvalue weighted by molar-refractivity contribution is 5.83. The zero-order chi connectivity index (χ0) is 17.1. The molecule has 0 heterocycles. The van der Waals surface area contributed by atoms with Gasteiger partial charge >= 0.3 is 0 Å². The molecule has 0 aliphatic carbocycles. The molecule has 3 heteroatoms. The molecule has 0 unspecified atom stereocenters. The van der Waals surface area contributed by atoms with Crippen molar-refractivity contribution in [3.63, 3.8) is 0 Å². The zero-order valence-electron chi connectivity index (χ0n) is 15.3. The molecule has 3 nitrogen and oxygen atoms in total. The summed E-state index contributed by atoms with van der Waals surface area (Å²) in [7, 11) is 0. The molecule has 0 amide bonds. The number of rotatable bonds is 11. The largest absolute Gasteiger partial charge is 0.396 e. The van der Waals surface area contributed by atoms with Crippen LogP contribution in [0.15, 0.2) is 17.3 Å². The van der Waals surface area contributed by atoms with Crippen molar-refractivity contribution in [3.8, 4) is 0 Å². The first kappa shape index (κ1) is 19.7. The molecule has 0 bridgehead atoms. The van der Waals surface area contributed by atoms with E-state index in [1.54, 1.807) is 0 Å². The summed E-state index contributed by atoms with van der Waals surface area (Å²) >= 11 is 0. The van der Waals surface area contributed by atoms with E-state index in [4.69, 9.17) is 4.84 Å². The fraction of sp³-hybridized carbons (Fsp3) is 0.650. The van der Waals surface area contributed by atoms with E-state index in [1.165, 1.54) is 42.4 Å². The van der Waals surface area contributed by atoms with Crippen molar-refractivity contribution >= 4 is 6.21 Å². The normalized spacial score (nSPS) is 12.7. The monoisotopic (exact) mass is 319 g/mol. The minimum Gasteiger partial charge on any atom is -0.396 e. The summed E-state index contributed by atoms with van der Waals surface area (Å²) in [4.78, 5) is 5.64. The number of unbranched alkanes of at least 4 members (excludes halogenated alkanes) is 4. The van der Waals surface area contributed by atoms with Crippen LogP contribution in [0.3, 0.4) is 0 Å². The van der Waals surface area contributed by atoms with E-state index in [9.17, 15) is 5.11 Å². The lowest BCUT2D eigenvalue weighted by Crippen LogP contribution is -2.12. The Kier molecular flexibility index (Phi) is 9.61. The molecule has 0 aliphatic heterocycles. The third-order valence-electron chi connectivity index (χ3n) is 4.21. The molecule has 23 heavy (non-hydrogen) atoms. The van der Waals surface area contributed by atoms with Gasteiger partial charge in [-0.2, -0.15) is 0 Å². The van der Waals surface area contributed by atoms with Gasteiger partial charge in [0.25, 0.3) is 0 Å². The first-order valence-corrected chi connectivity index (χ1v) is 8.96. The van der Waals surface area contributed by atoms with E-state index in [0.717, 1.165) is 18.4 Å². The van der Waals surface area contributed by atoms with Crippen LogP contribution in [0, 0.1) is 20.8 Å². The smallest absolute Gasteiger partial charge is 0.129 e.